The third-order valence-electron chi connectivity index (χ3n) is 2.92. The van der Waals surface area contributed by atoms with Crippen LogP contribution in [0.2, 0.25) is 0 Å². The first-order chi connectivity index (χ1) is 8.56. The Balaban J connectivity index is 1.82. The summed E-state index contributed by atoms with van der Waals surface area (Å²) < 4.78 is 0. The zero-order chi connectivity index (χ0) is 13.1. The van der Waals surface area contributed by atoms with Crippen molar-refractivity contribution in [3.63, 3.8) is 0 Å². The highest BCUT2D eigenvalue weighted by Crippen LogP contribution is 2.27. The molecule has 1 aromatic carbocycles. The zero-order valence-corrected chi connectivity index (χ0v) is 10.3. The Labute approximate surface area is 106 Å². The van der Waals surface area contributed by atoms with E-state index in [2.05, 4.69) is 10.6 Å². The van der Waals surface area contributed by atoms with Crippen LogP contribution in [0.5, 0.6) is 0 Å². The van der Waals surface area contributed by atoms with E-state index in [1.807, 2.05) is 24.3 Å². The van der Waals surface area contributed by atoms with Gasteiger partial charge in [0.15, 0.2) is 0 Å². The number of nitrogens with one attached hydrogen (secondary N) is 2. The van der Waals surface area contributed by atoms with Crippen molar-refractivity contribution in [3.05, 3.63) is 29.8 Å². The minimum absolute atomic E-state index is 0.0105. The second-order valence-corrected chi connectivity index (χ2v) is 4.60. The fourth-order valence-electron chi connectivity index (χ4n) is 1.75. The minimum atomic E-state index is -0.0984. The summed E-state index contributed by atoms with van der Waals surface area (Å²) >= 11 is 0. The first-order valence-corrected chi connectivity index (χ1v) is 5.96. The lowest BCUT2D eigenvalue weighted by molar-refractivity contribution is -0.122. The number of carbonyl (C=O) groups is 2. The van der Waals surface area contributed by atoms with Gasteiger partial charge in [0.1, 0.15) is 0 Å². The van der Waals surface area contributed by atoms with E-state index in [1.54, 1.807) is 0 Å². The normalized spacial score (nSPS) is 21.2. The number of benzene rings is 1. The Morgan fingerprint density at radius 3 is 2.44 bits per heavy atom. The van der Waals surface area contributed by atoms with Crippen LogP contribution < -0.4 is 16.4 Å². The molecule has 0 spiro atoms. The Kier molecular flexibility index (Phi) is 3.62. The van der Waals surface area contributed by atoms with Crippen LogP contribution in [0.3, 0.4) is 0 Å². The van der Waals surface area contributed by atoms with Gasteiger partial charge >= 0.3 is 0 Å². The number of hydrogen-bond donors (Lipinski definition) is 3. The lowest BCUT2D eigenvalue weighted by Gasteiger charge is -2.06. The van der Waals surface area contributed by atoms with Gasteiger partial charge in [0.05, 0.1) is 5.92 Å². The molecule has 96 valence electrons. The highest BCUT2D eigenvalue weighted by atomic mass is 16.2. The largest absolute Gasteiger partial charge is 0.352 e. The molecule has 2 rings (SSSR count). The van der Waals surface area contributed by atoms with Crippen LogP contribution in [-0.2, 0) is 16.1 Å². The van der Waals surface area contributed by atoms with Gasteiger partial charge in [-0.05, 0) is 24.1 Å². The Bertz CT molecular complexity index is 456. The van der Waals surface area contributed by atoms with Crippen LogP contribution in [0.4, 0.5) is 5.69 Å². The molecule has 0 bridgehead atoms. The molecule has 2 atom stereocenters. The van der Waals surface area contributed by atoms with Crippen LogP contribution >= 0.6 is 0 Å². The molecule has 5 nitrogen and oxygen atoms in total. The van der Waals surface area contributed by atoms with Crippen LogP contribution in [0, 0.1) is 5.92 Å². The topological polar surface area (TPSA) is 84.2 Å². The van der Waals surface area contributed by atoms with Crippen molar-refractivity contribution in [3.8, 4) is 0 Å². The predicted octanol–water partition coefficient (Wildman–Crippen LogP) is 0.608. The molecule has 0 heterocycles. The third-order valence-corrected chi connectivity index (χ3v) is 2.92. The molecular weight excluding hydrogens is 230 g/mol. The molecule has 1 saturated carbocycles. The molecule has 0 radical (unpaired) electrons. The molecule has 5 heteroatoms. The van der Waals surface area contributed by atoms with Gasteiger partial charge in [-0.2, -0.15) is 0 Å². The first kappa shape index (κ1) is 12.6. The fraction of sp³-hybridized carbons (Fsp3) is 0.385. The summed E-state index contributed by atoms with van der Waals surface area (Å²) in [5.74, 6) is -0.0872. The number of rotatable bonds is 4. The second kappa shape index (κ2) is 5.18. The Morgan fingerprint density at radius 1 is 1.33 bits per heavy atom. The average molecular weight is 247 g/mol. The van der Waals surface area contributed by atoms with Gasteiger partial charge in [-0.1, -0.05) is 12.1 Å². The maximum absolute atomic E-state index is 11.6. The highest BCUT2D eigenvalue weighted by Gasteiger charge is 2.39. The van der Waals surface area contributed by atoms with E-state index < -0.39 is 0 Å². The summed E-state index contributed by atoms with van der Waals surface area (Å²) in [4.78, 5) is 22.4. The second-order valence-electron chi connectivity index (χ2n) is 4.60. The molecule has 1 aromatic rings. The Hall–Kier alpha value is -1.88. The van der Waals surface area contributed by atoms with Crippen molar-refractivity contribution in [1.82, 2.24) is 5.32 Å². The van der Waals surface area contributed by atoms with Crippen molar-refractivity contribution < 1.29 is 9.59 Å². The number of nitrogens with two attached hydrogens (primary N) is 1. The van der Waals surface area contributed by atoms with Gasteiger partial charge in [-0.25, -0.2) is 0 Å². The summed E-state index contributed by atoms with van der Waals surface area (Å²) in [6.07, 6.45) is 0.785. The number of hydrogen-bond acceptors (Lipinski definition) is 3. The maximum Gasteiger partial charge on any atom is 0.225 e. The van der Waals surface area contributed by atoms with E-state index in [0.29, 0.717) is 6.54 Å². The van der Waals surface area contributed by atoms with Crippen molar-refractivity contribution in [1.29, 1.82) is 0 Å². The number of amides is 2. The smallest absolute Gasteiger partial charge is 0.225 e. The monoisotopic (exact) mass is 247 g/mol. The summed E-state index contributed by atoms with van der Waals surface area (Å²) in [6, 6.07) is 7.40. The lowest BCUT2D eigenvalue weighted by Crippen LogP contribution is -2.26. The zero-order valence-electron chi connectivity index (χ0n) is 10.3. The van der Waals surface area contributed by atoms with Gasteiger partial charge < -0.3 is 16.4 Å². The summed E-state index contributed by atoms with van der Waals surface area (Å²) in [6.45, 7) is 1.95. The summed E-state index contributed by atoms with van der Waals surface area (Å²) in [5.41, 5.74) is 7.35. The average Bonchev–Trinajstić information content (AvgIpc) is 3.04. The molecular formula is C13H17N3O2. The molecule has 0 aromatic heterocycles. The summed E-state index contributed by atoms with van der Waals surface area (Å²) in [5, 5.41) is 5.53. The first-order valence-electron chi connectivity index (χ1n) is 5.96. The molecule has 1 aliphatic carbocycles. The molecule has 4 N–H and O–H groups in total. The van der Waals surface area contributed by atoms with Gasteiger partial charge in [0.25, 0.3) is 0 Å². The summed E-state index contributed by atoms with van der Waals surface area (Å²) in [7, 11) is 0. The standard InChI is InChI=1S/C13H17N3O2/c1-8(17)16-10-4-2-9(3-5-10)7-15-13(18)11-6-12(11)14/h2-5,11-12H,6-7,14H2,1H3,(H,15,18)(H,16,17). The number of carbonyl (C=O) groups excluding carboxylic acids is 2. The van der Waals surface area contributed by atoms with Crippen LogP contribution in [-0.4, -0.2) is 17.9 Å². The van der Waals surface area contributed by atoms with Crippen molar-refractivity contribution >= 4 is 17.5 Å². The third kappa shape index (κ3) is 3.30. The quantitative estimate of drug-likeness (QED) is 0.728. The van der Waals surface area contributed by atoms with Gasteiger partial charge in [0, 0.05) is 25.2 Å². The van der Waals surface area contributed by atoms with Gasteiger partial charge in [-0.15, -0.1) is 0 Å². The van der Waals surface area contributed by atoms with E-state index in [4.69, 9.17) is 5.73 Å². The van der Waals surface area contributed by atoms with E-state index in [1.165, 1.54) is 6.92 Å². The Morgan fingerprint density at radius 2 is 1.94 bits per heavy atom. The molecule has 0 aliphatic heterocycles. The van der Waals surface area contributed by atoms with E-state index in [0.717, 1.165) is 17.7 Å². The van der Waals surface area contributed by atoms with E-state index in [-0.39, 0.29) is 23.8 Å². The van der Waals surface area contributed by atoms with Crippen LogP contribution in [0.15, 0.2) is 24.3 Å². The fourth-order valence-corrected chi connectivity index (χ4v) is 1.75. The van der Waals surface area contributed by atoms with Gasteiger partial charge in [-0.3, -0.25) is 9.59 Å². The van der Waals surface area contributed by atoms with E-state index in [9.17, 15) is 9.59 Å². The lowest BCUT2D eigenvalue weighted by atomic mass is 10.2. The number of anilines is 1. The van der Waals surface area contributed by atoms with Crippen LogP contribution in [0.1, 0.15) is 18.9 Å². The molecule has 1 fully saturated rings. The SMILES string of the molecule is CC(=O)Nc1ccc(CNC(=O)C2CC2N)cc1. The van der Waals surface area contributed by atoms with Crippen molar-refractivity contribution in [2.75, 3.05) is 5.32 Å². The van der Waals surface area contributed by atoms with Crippen molar-refractivity contribution in [2.24, 2.45) is 11.7 Å². The van der Waals surface area contributed by atoms with E-state index >= 15 is 0 Å². The highest BCUT2D eigenvalue weighted by molar-refractivity contribution is 5.88. The molecule has 18 heavy (non-hydrogen) atoms. The molecule has 2 amide bonds. The predicted molar refractivity (Wildman–Crippen MR) is 68.7 cm³/mol. The molecule has 2 unspecified atom stereocenters. The van der Waals surface area contributed by atoms with Crippen LogP contribution in [0.25, 0.3) is 0 Å². The molecule has 1 aliphatic rings. The van der Waals surface area contributed by atoms with Crippen molar-refractivity contribution in [2.45, 2.75) is 25.9 Å². The molecule has 0 saturated heterocycles. The van der Waals surface area contributed by atoms with Gasteiger partial charge in [0.2, 0.25) is 11.8 Å². The maximum atomic E-state index is 11.6. The minimum Gasteiger partial charge on any atom is -0.352 e.